The van der Waals surface area contributed by atoms with Gasteiger partial charge in [-0.3, -0.25) is 9.59 Å². The van der Waals surface area contributed by atoms with E-state index in [9.17, 15) is 14.7 Å². The van der Waals surface area contributed by atoms with Crippen molar-refractivity contribution in [1.82, 2.24) is 15.6 Å². The van der Waals surface area contributed by atoms with Crippen LogP contribution < -0.4 is 20.3 Å². The van der Waals surface area contributed by atoms with Gasteiger partial charge in [-0.2, -0.15) is 9.83 Å². The summed E-state index contributed by atoms with van der Waals surface area (Å²) in [5, 5.41) is 34.9. The van der Waals surface area contributed by atoms with Crippen LogP contribution in [-0.4, -0.2) is 35.3 Å². The Labute approximate surface area is 207 Å². The van der Waals surface area contributed by atoms with Crippen molar-refractivity contribution in [3.63, 3.8) is 0 Å². The first-order chi connectivity index (χ1) is 16.8. The minimum Gasteiger partial charge on any atom is -0.858 e. The lowest BCUT2D eigenvalue weighted by Crippen LogP contribution is -2.47. The van der Waals surface area contributed by atoms with Crippen LogP contribution in [0.2, 0.25) is 0 Å². The molecule has 180 valence electrons. The second kappa shape index (κ2) is 11.9. The Kier molecular flexibility index (Phi) is 8.64. The molecule has 3 N–H and O–H groups in total. The Bertz CT molecular complexity index is 1250. The highest BCUT2D eigenvalue weighted by molar-refractivity contribution is 7.13. The molecule has 1 atom stereocenters. The molecule has 0 unspecified atom stereocenters. The van der Waals surface area contributed by atoms with E-state index in [4.69, 9.17) is 10.7 Å². The predicted molar refractivity (Wildman–Crippen MR) is 130 cm³/mol. The Morgan fingerprint density at radius 1 is 1.23 bits per heavy atom. The molecule has 0 bridgehead atoms. The predicted octanol–water partition coefficient (Wildman–Crippen LogP) is 1.89. The monoisotopic (exact) mass is 490 g/mol. The number of hydrogen-bond donors (Lipinski definition) is 3. The van der Waals surface area contributed by atoms with E-state index in [0.29, 0.717) is 12.0 Å². The van der Waals surface area contributed by atoms with Gasteiger partial charge in [0.05, 0.1) is 17.3 Å². The smallest absolute Gasteiger partial charge is 0.251 e. The first-order valence-electron chi connectivity index (χ1n) is 11.0. The number of nitriles is 1. The van der Waals surface area contributed by atoms with Crippen molar-refractivity contribution in [2.45, 2.75) is 32.9 Å². The lowest BCUT2D eigenvalue weighted by molar-refractivity contribution is -0.686. The van der Waals surface area contributed by atoms with Crippen LogP contribution in [0.25, 0.3) is 21.8 Å². The number of nitrogens with one attached hydrogen (secondary N) is 3. The number of benzene rings is 1. The van der Waals surface area contributed by atoms with Crippen molar-refractivity contribution in [1.29, 1.82) is 10.7 Å². The van der Waals surface area contributed by atoms with Gasteiger partial charge in [0.2, 0.25) is 5.91 Å². The molecule has 0 saturated heterocycles. The second-order valence-corrected chi connectivity index (χ2v) is 9.19. The molecule has 1 aromatic carbocycles. The van der Waals surface area contributed by atoms with Crippen LogP contribution in [0.4, 0.5) is 0 Å². The summed E-state index contributed by atoms with van der Waals surface area (Å²) >= 11 is 1.46. The van der Waals surface area contributed by atoms with Gasteiger partial charge < -0.3 is 21.1 Å². The first-order valence-corrected chi connectivity index (χ1v) is 11.9. The lowest BCUT2D eigenvalue weighted by Gasteiger charge is -2.19. The van der Waals surface area contributed by atoms with Crippen LogP contribution >= 0.6 is 11.3 Å². The van der Waals surface area contributed by atoms with Gasteiger partial charge in [0.25, 0.3) is 5.91 Å². The standard InChI is InChI=1S/C25H26N6O3S/c1-16(2)12-20(24(34)28-10-9-26)29-23(33)18-7-5-17(6-8-18)21-15-35-25(30-21)19-4-3-11-31(13-19)14-22(27)32/h3-8,11,13,15-16,20H,10,12,14H2,1-2H3,(H3-,27,28,29,32,33,34)/t20-/m0/s1. The maximum Gasteiger partial charge on any atom is 0.251 e. The summed E-state index contributed by atoms with van der Waals surface area (Å²) in [4.78, 5) is 29.7. The van der Waals surface area contributed by atoms with E-state index in [1.165, 1.54) is 11.3 Å². The molecule has 0 aliphatic rings. The van der Waals surface area contributed by atoms with E-state index in [1.807, 2.05) is 31.4 Å². The Balaban J connectivity index is 1.71. The summed E-state index contributed by atoms with van der Waals surface area (Å²) in [6, 6.07) is 11.8. The molecule has 35 heavy (non-hydrogen) atoms. The molecule has 0 radical (unpaired) electrons. The minimum atomic E-state index is -0.726. The summed E-state index contributed by atoms with van der Waals surface area (Å²) < 4.78 is 1.65. The molecule has 0 spiro atoms. The van der Waals surface area contributed by atoms with Crippen LogP contribution in [0.1, 0.15) is 30.6 Å². The van der Waals surface area contributed by atoms with Crippen molar-refractivity contribution < 1.29 is 19.3 Å². The zero-order chi connectivity index (χ0) is 25.4. The van der Waals surface area contributed by atoms with Crippen LogP contribution in [0.5, 0.6) is 0 Å². The Hall–Kier alpha value is -4.10. The molecular formula is C25H26N6O3S. The third-order valence-corrected chi connectivity index (χ3v) is 5.94. The fourth-order valence-electron chi connectivity index (χ4n) is 3.44. The molecule has 2 amide bonds. The normalized spacial score (nSPS) is 11.5. The zero-order valence-electron chi connectivity index (χ0n) is 19.4. The summed E-state index contributed by atoms with van der Waals surface area (Å²) in [5.41, 5.74) is 2.83. The quantitative estimate of drug-likeness (QED) is 0.172. The zero-order valence-corrected chi connectivity index (χ0v) is 20.3. The van der Waals surface area contributed by atoms with E-state index < -0.39 is 11.9 Å². The molecular weight excluding hydrogens is 464 g/mol. The van der Waals surface area contributed by atoms with Gasteiger partial charge in [-0.15, -0.1) is 11.3 Å². The van der Waals surface area contributed by atoms with Crippen LogP contribution in [0.15, 0.2) is 54.2 Å². The van der Waals surface area contributed by atoms with Gasteiger partial charge in [0.1, 0.15) is 17.6 Å². The van der Waals surface area contributed by atoms with E-state index in [2.05, 4.69) is 15.6 Å². The van der Waals surface area contributed by atoms with E-state index in [-0.39, 0.29) is 30.8 Å². The minimum absolute atomic E-state index is 0.0202. The number of amides is 2. The first kappa shape index (κ1) is 25.5. The summed E-state index contributed by atoms with van der Waals surface area (Å²) in [7, 11) is 0. The van der Waals surface area contributed by atoms with Gasteiger partial charge in [0, 0.05) is 28.5 Å². The number of hydrogen-bond acceptors (Lipinski definition) is 7. The fraction of sp³-hybridized carbons (Fsp3) is 0.280. The molecule has 3 aromatic rings. The average Bonchev–Trinajstić information content (AvgIpc) is 3.32. The second-order valence-electron chi connectivity index (χ2n) is 8.33. The Morgan fingerprint density at radius 2 is 1.97 bits per heavy atom. The topological polar surface area (TPSA) is 146 Å². The summed E-state index contributed by atoms with van der Waals surface area (Å²) in [6.45, 7) is 3.78. The van der Waals surface area contributed by atoms with Crippen molar-refractivity contribution >= 4 is 29.0 Å². The summed E-state index contributed by atoms with van der Waals surface area (Å²) in [5.74, 6) is -1.24. The van der Waals surface area contributed by atoms with Crippen LogP contribution in [0, 0.1) is 22.7 Å². The van der Waals surface area contributed by atoms with Crippen molar-refractivity contribution in [2.24, 2.45) is 5.92 Å². The molecule has 0 aliphatic heterocycles. The highest BCUT2D eigenvalue weighted by Gasteiger charge is 2.22. The van der Waals surface area contributed by atoms with Gasteiger partial charge >= 0.3 is 0 Å². The SMILES string of the molecule is CC(C)C[C@H](NC(=O)c1ccc(-c2csc(-c3ccc[n+](CC(=N)[O-])c3)n2)cc1)C(=O)NCC#N. The maximum atomic E-state index is 12.8. The molecule has 10 heteroatoms. The van der Waals surface area contributed by atoms with Gasteiger partial charge in [0.15, 0.2) is 18.9 Å². The van der Waals surface area contributed by atoms with Crippen molar-refractivity contribution in [3.05, 3.63) is 59.7 Å². The number of pyridine rings is 1. The largest absolute Gasteiger partial charge is 0.858 e. The fourth-order valence-corrected chi connectivity index (χ4v) is 4.26. The number of thiazole rings is 1. The van der Waals surface area contributed by atoms with Crippen molar-refractivity contribution in [3.8, 4) is 27.9 Å². The molecule has 0 fully saturated rings. The third kappa shape index (κ3) is 7.19. The number of nitrogens with zero attached hydrogens (tertiary/aromatic N) is 3. The van der Waals surface area contributed by atoms with Gasteiger partial charge in [-0.05, 0) is 30.5 Å². The number of carbonyl (C=O) groups excluding carboxylic acids is 2. The molecule has 9 nitrogen and oxygen atoms in total. The summed E-state index contributed by atoms with van der Waals surface area (Å²) in [6.07, 6.45) is 3.97. The molecule has 0 aliphatic carbocycles. The molecule has 2 heterocycles. The lowest BCUT2D eigenvalue weighted by atomic mass is 10.0. The number of aromatic nitrogens is 2. The average molecular weight is 491 g/mol. The third-order valence-electron chi connectivity index (χ3n) is 5.05. The van der Waals surface area contributed by atoms with E-state index in [0.717, 1.165) is 21.8 Å². The highest BCUT2D eigenvalue weighted by Crippen LogP contribution is 2.28. The molecule has 2 aromatic heterocycles. The van der Waals surface area contributed by atoms with E-state index >= 15 is 0 Å². The van der Waals surface area contributed by atoms with Crippen LogP contribution in [-0.2, 0) is 11.3 Å². The van der Waals surface area contributed by atoms with Crippen molar-refractivity contribution in [2.75, 3.05) is 6.54 Å². The number of rotatable bonds is 10. The number of carbonyl (C=O) groups is 2. The maximum absolute atomic E-state index is 12.8. The van der Waals surface area contributed by atoms with Crippen LogP contribution in [0.3, 0.4) is 0 Å². The molecule has 0 saturated carbocycles. The molecule has 3 rings (SSSR count). The highest BCUT2D eigenvalue weighted by atomic mass is 32.1. The van der Waals surface area contributed by atoms with E-state index in [1.54, 1.807) is 47.3 Å². The Morgan fingerprint density at radius 3 is 2.63 bits per heavy atom. The van der Waals surface area contributed by atoms with Gasteiger partial charge in [-0.25, -0.2) is 4.98 Å². The van der Waals surface area contributed by atoms with Gasteiger partial charge in [-0.1, -0.05) is 26.0 Å².